The number of nitrogens with zero attached hydrogens (tertiary/aromatic N) is 3. The summed E-state index contributed by atoms with van der Waals surface area (Å²) in [4.78, 5) is 4.12. The minimum absolute atomic E-state index is 0.131. The Kier molecular flexibility index (Phi) is 3.77. The summed E-state index contributed by atoms with van der Waals surface area (Å²) in [7, 11) is 0. The van der Waals surface area contributed by atoms with Gasteiger partial charge in [-0.1, -0.05) is 12.1 Å². The van der Waals surface area contributed by atoms with Crippen molar-refractivity contribution < 1.29 is 9.50 Å². The zero-order valence-electron chi connectivity index (χ0n) is 10.0. The molecule has 1 N–H and O–H groups in total. The summed E-state index contributed by atoms with van der Waals surface area (Å²) in [5.41, 5.74) is 0.899. The molecule has 0 aliphatic rings. The molecular weight excluding hydrogens is 301 g/mol. The Morgan fingerprint density at radius 3 is 2.44 bits per heavy atom. The largest absolute Gasteiger partial charge is 0.385 e. The number of aromatic nitrogens is 3. The van der Waals surface area contributed by atoms with Crippen LogP contribution in [0.5, 0.6) is 0 Å². The highest BCUT2D eigenvalue weighted by Crippen LogP contribution is 2.23. The van der Waals surface area contributed by atoms with Crippen molar-refractivity contribution in [3.8, 4) is 0 Å². The van der Waals surface area contributed by atoms with Crippen molar-refractivity contribution in [3.63, 3.8) is 0 Å². The van der Waals surface area contributed by atoms with E-state index in [9.17, 15) is 9.50 Å². The molecule has 0 saturated heterocycles. The van der Waals surface area contributed by atoms with Crippen molar-refractivity contribution in [2.75, 3.05) is 0 Å². The van der Waals surface area contributed by atoms with Gasteiger partial charge in [0.05, 0.1) is 6.04 Å². The Balaban J connectivity index is 2.39. The third kappa shape index (κ3) is 2.59. The Morgan fingerprint density at radius 1 is 1.28 bits per heavy atom. The summed E-state index contributed by atoms with van der Waals surface area (Å²) in [6, 6.07) is 6.07. The molecule has 0 radical (unpaired) electrons. The second-order valence-electron chi connectivity index (χ2n) is 4.09. The molecule has 1 aromatic heterocycles. The van der Waals surface area contributed by atoms with E-state index in [0.717, 1.165) is 5.56 Å². The molecule has 2 aromatic rings. The van der Waals surface area contributed by atoms with E-state index in [1.165, 1.54) is 12.1 Å². The molecule has 96 valence electrons. The lowest BCUT2D eigenvalue weighted by molar-refractivity contribution is 0.180. The molecule has 2 atom stereocenters. The van der Waals surface area contributed by atoms with Gasteiger partial charge in [0, 0.05) is 0 Å². The number of aliphatic hydroxyl groups excluding tert-OH is 1. The van der Waals surface area contributed by atoms with Gasteiger partial charge in [0.1, 0.15) is 11.9 Å². The first-order valence-corrected chi connectivity index (χ1v) is 6.34. The van der Waals surface area contributed by atoms with Gasteiger partial charge in [0.25, 0.3) is 0 Å². The fraction of sp³-hybridized carbons (Fsp3) is 0.333. The minimum atomic E-state index is -0.716. The Morgan fingerprint density at radius 2 is 1.89 bits per heavy atom. The number of hydrogen-bond donors (Lipinski definition) is 1. The fourth-order valence-electron chi connectivity index (χ4n) is 1.76. The van der Waals surface area contributed by atoms with E-state index in [2.05, 4.69) is 26.0 Å². The van der Waals surface area contributed by atoms with Crippen molar-refractivity contribution in [1.82, 2.24) is 14.8 Å². The van der Waals surface area contributed by atoms with Gasteiger partial charge in [-0.2, -0.15) is 0 Å². The second kappa shape index (κ2) is 5.16. The van der Waals surface area contributed by atoms with E-state index >= 15 is 0 Å². The van der Waals surface area contributed by atoms with Crippen molar-refractivity contribution in [2.45, 2.75) is 26.0 Å². The molecule has 4 nitrogen and oxygen atoms in total. The van der Waals surface area contributed by atoms with E-state index < -0.39 is 6.10 Å². The number of rotatable bonds is 3. The fourth-order valence-corrected chi connectivity index (χ4v) is 2.11. The summed E-state index contributed by atoms with van der Waals surface area (Å²) in [6.07, 6.45) is -0.716. The smallest absolute Gasteiger partial charge is 0.217 e. The van der Waals surface area contributed by atoms with Crippen molar-refractivity contribution in [2.24, 2.45) is 0 Å². The molecule has 0 fully saturated rings. The molecule has 1 heterocycles. The van der Waals surface area contributed by atoms with Gasteiger partial charge in [-0.3, -0.25) is 0 Å². The van der Waals surface area contributed by atoms with Crippen LogP contribution in [0.2, 0.25) is 0 Å². The predicted molar refractivity (Wildman–Crippen MR) is 68.6 cm³/mol. The molecule has 0 aliphatic carbocycles. The third-order valence-corrected chi connectivity index (χ3v) is 3.06. The minimum Gasteiger partial charge on any atom is -0.385 e. The summed E-state index contributed by atoms with van der Waals surface area (Å²) < 4.78 is 14.9. The molecular formula is C12H13BrFN3O. The topological polar surface area (TPSA) is 50.9 Å². The lowest BCUT2D eigenvalue weighted by Gasteiger charge is -2.15. The van der Waals surface area contributed by atoms with Gasteiger partial charge < -0.3 is 5.11 Å². The summed E-state index contributed by atoms with van der Waals surface area (Å²) in [5, 5.41) is 13.9. The molecule has 0 saturated carbocycles. The van der Waals surface area contributed by atoms with E-state index in [-0.39, 0.29) is 11.9 Å². The zero-order valence-corrected chi connectivity index (χ0v) is 11.6. The average Bonchev–Trinajstić information content (AvgIpc) is 2.71. The molecule has 0 bridgehead atoms. The van der Waals surface area contributed by atoms with Crippen LogP contribution in [-0.2, 0) is 0 Å². The van der Waals surface area contributed by atoms with Gasteiger partial charge in [-0.15, -0.1) is 5.10 Å². The van der Waals surface area contributed by atoms with E-state index in [0.29, 0.717) is 10.6 Å². The van der Waals surface area contributed by atoms with Gasteiger partial charge in [-0.25, -0.2) is 14.1 Å². The molecule has 0 amide bonds. The van der Waals surface area contributed by atoms with Gasteiger partial charge in [0.2, 0.25) is 4.73 Å². The van der Waals surface area contributed by atoms with Crippen LogP contribution < -0.4 is 0 Å². The lowest BCUT2D eigenvalue weighted by atomic mass is 10.1. The molecule has 0 aliphatic heterocycles. The number of hydrogen-bond acceptors (Lipinski definition) is 3. The van der Waals surface area contributed by atoms with E-state index in [4.69, 9.17) is 0 Å². The maximum atomic E-state index is 12.9. The molecule has 0 spiro atoms. The Bertz CT molecular complexity index is 539. The van der Waals surface area contributed by atoms with Gasteiger partial charge in [-0.05, 0) is 47.5 Å². The average molecular weight is 314 g/mol. The summed E-state index contributed by atoms with van der Waals surface area (Å²) >= 11 is 3.19. The molecule has 2 unspecified atom stereocenters. The van der Waals surface area contributed by atoms with Crippen LogP contribution in [0.1, 0.15) is 37.4 Å². The normalized spacial score (nSPS) is 14.5. The molecule has 2 rings (SSSR count). The maximum Gasteiger partial charge on any atom is 0.217 e. The van der Waals surface area contributed by atoms with Crippen molar-refractivity contribution >= 4 is 15.9 Å². The lowest BCUT2D eigenvalue weighted by Crippen LogP contribution is -2.14. The highest BCUT2D eigenvalue weighted by molar-refractivity contribution is 9.10. The van der Waals surface area contributed by atoms with Crippen LogP contribution in [0.3, 0.4) is 0 Å². The Hall–Kier alpha value is -1.27. The third-order valence-electron chi connectivity index (χ3n) is 2.72. The Labute approximate surface area is 113 Å². The van der Waals surface area contributed by atoms with Crippen molar-refractivity contribution in [3.05, 3.63) is 46.2 Å². The number of halogens is 2. The SMILES string of the molecule is CC(O)c1nc(Br)nn1C(C)c1ccc(F)cc1. The first-order valence-electron chi connectivity index (χ1n) is 5.54. The first kappa shape index (κ1) is 13.2. The van der Waals surface area contributed by atoms with Crippen LogP contribution in [0, 0.1) is 5.82 Å². The van der Waals surface area contributed by atoms with Crippen LogP contribution in [0.25, 0.3) is 0 Å². The highest BCUT2D eigenvalue weighted by atomic mass is 79.9. The second-order valence-corrected chi connectivity index (χ2v) is 4.80. The monoisotopic (exact) mass is 313 g/mol. The standard InChI is InChI=1S/C12H13BrFN3O/c1-7(9-3-5-10(14)6-4-9)17-11(8(2)18)15-12(13)16-17/h3-8,18H,1-2H3. The van der Waals surface area contributed by atoms with Gasteiger partial charge >= 0.3 is 0 Å². The predicted octanol–water partition coefficient (Wildman–Crippen LogP) is 2.84. The van der Waals surface area contributed by atoms with Crippen LogP contribution in [-0.4, -0.2) is 19.9 Å². The summed E-state index contributed by atoms with van der Waals surface area (Å²) in [6.45, 7) is 3.55. The molecule has 1 aromatic carbocycles. The highest BCUT2D eigenvalue weighted by Gasteiger charge is 2.18. The molecule has 18 heavy (non-hydrogen) atoms. The number of aliphatic hydroxyl groups is 1. The van der Waals surface area contributed by atoms with Crippen LogP contribution in [0.15, 0.2) is 29.0 Å². The maximum absolute atomic E-state index is 12.9. The van der Waals surface area contributed by atoms with E-state index in [1.807, 2.05) is 6.92 Å². The molecule has 6 heteroatoms. The van der Waals surface area contributed by atoms with Crippen LogP contribution >= 0.6 is 15.9 Å². The van der Waals surface area contributed by atoms with Crippen molar-refractivity contribution in [1.29, 1.82) is 0 Å². The number of benzene rings is 1. The first-order chi connectivity index (χ1) is 8.49. The van der Waals surface area contributed by atoms with Crippen LogP contribution in [0.4, 0.5) is 4.39 Å². The zero-order chi connectivity index (χ0) is 13.3. The summed E-state index contributed by atoms with van der Waals surface area (Å²) in [5.74, 6) is 0.195. The van der Waals surface area contributed by atoms with Gasteiger partial charge in [0.15, 0.2) is 5.82 Å². The van der Waals surface area contributed by atoms with E-state index in [1.54, 1.807) is 23.7 Å². The quantitative estimate of drug-likeness (QED) is 0.948.